The molecule has 2 N–H and O–H groups in total. The summed E-state index contributed by atoms with van der Waals surface area (Å²) >= 11 is 0. The van der Waals surface area contributed by atoms with Gasteiger partial charge in [0.05, 0.1) is 0 Å². The van der Waals surface area contributed by atoms with Crippen molar-refractivity contribution in [2.45, 2.75) is 78.3 Å². The predicted molar refractivity (Wildman–Crippen MR) is 141 cm³/mol. The highest BCUT2D eigenvalue weighted by Crippen LogP contribution is 2.40. The van der Waals surface area contributed by atoms with Crippen molar-refractivity contribution in [3.63, 3.8) is 0 Å². The van der Waals surface area contributed by atoms with Gasteiger partial charge >= 0.3 is 0 Å². The number of hydrogen-bond donors (Lipinski definition) is 2. The Bertz CT molecular complexity index is 703. The number of hydrogen-bond acceptors (Lipinski definition) is 5. The lowest BCUT2D eigenvalue weighted by Crippen LogP contribution is -2.47. The number of aromatic nitrogens is 3. The van der Waals surface area contributed by atoms with Gasteiger partial charge in [0.2, 0.25) is 0 Å². The lowest BCUT2D eigenvalue weighted by molar-refractivity contribution is 0.105. The molecule has 0 spiro atoms. The topological polar surface area (TPSA) is 79.6 Å². The van der Waals surface area contributed by atoms with Crippen molar-refractivity contribution in [3.8, 4) is 0 Å². The Kier molecular flexibility index (Phi) is 11.7. The second kappa shape index (κ2) is 13.7. The number of likely N-dealkylation sites (tertiary alicyclic amines) is 1. The van der Waals surface area contributed by atoms with Gasteiger partial charge in [-0.25, -0.2) is 4.99 Å². The lowest BCUT2D eigenvalue weighted by Gasteiger charge is -2.30. The number of aryl methyl sites for hydroxylation is 1. The van der Waals surface area contributed by atoms with Crippen LogP contribution in [0.5, 0.6) is 0 Å². The molecule has 2 fully saturated rings. The molecule has 0 amide bonds. The van der Waals surface area contributed by atoms with Crippen LogP contribution in [0, 0.1) is 12.3 Å². The zero-order chi connectivity index (χ0) is 22.1. The fraction of sp³-hybridized carbons (Fsp3) is 0.870. The Hall–Kier alpha value is -0.940. The highest BCUT2D eigenvalue weighted by molar-refractivity contribution is 14.0. The van der Waals surface area contributed by atoms with E-state index < -0.39 is 0 Å². The molecule has 184 valence electrons. The van der Waals surface area contributed by atoms with E-state index in [2.05, 4.69) is 39.6 Å². The number of nitrogens with zero attached hydrogens (tertiary/aromatic N) is 5. The lowest BCUT2D eigenvalue weighted by atomic mass is 9.83. The number of nitrogens with one attached hydrogen (secondary N) is 2. The van der Waals surface area contributed by atoms with Crippen molar-refractivity contribution in [2.75, 3.05) is 39.4 Å². The predicted octanol–water partition coefficient (Wildman–Crippen LogP) is 3.25. The van der Waals surface area contributed by atoms with Gasteiger partial charge in [0.15, 0.2) is 11.8 Å². The molecule has 1 aromatic rings. The van der Waals surface area contributed by atoms with Crippen molar-refractivity contribution in [2.24, 2.45) is 17.5 Å². The van der Waals surface area contributed by atoms with Crippen LogP contribution in [0.4, 0.5) is 0 Å². The minimum absolute atomic E-state index is 0. The van der Waals surface area contributed by atoms with Crippen LogP contribution in [0.25, 0.3) is 0 Å². The normalized spacial score (nSPS) is 21.0. The first-order valence-corrected chi connectivity index (χ1v) is 12.3. The molecule has 1 aliphatic carbocycles. The number of halogens is 1. The Balaban J connectivity index is 0.00000363. The van der Waals surface area contributed by atoms with Crippen molar-refractivity contribution in [3.05, 3.63) is 11.6 Å². The van der Waals surface area contributed by atoms with Crippen LogP contribution in [0.15, 0.2) is 4.99 Å². The maximum atomic E-state index is 5.69. The third-order valence-corrected chi connectivity index (χ3v) is 7.25. The van der Waals surface area contributed by atoms with Crippen LogP contribution in [0.2, 0.25) is 0 Å². The molecular weight excluding hydrogens is 517 g/mol. The highest BCUT2D eigenvalue weighted by Gasteiger charge is 2.33. The molecule has 1 aromatic heterocycles. The van der Waals surface area contributed by atoms with E-state index in [1.165, 1.54) is 45.1 Å². The maximum Gasteiger partial charge on any atom is 0.191 e. The van der Waals surface area contributed by atoms with Crippen molar-refractivity contribution >= 4 is 29.9 Å². The van der Waals surface area contributed by atoms with E-state index in [9.17, 15) is 0 Å². The van der Waals surface area contributed by atoms with E-state index in [0.717, 1.165) is 56.9 Å². The van der Waals surface area contributed by atoms with Gasteiger partial charge in [-0.2, -0.15) is 0 Å². The molecule has 2 aliphatic rings. The average Bonchev–Trinajstić information content (AvgIpc) is 3.50. The molecule has 1 saturated carbocycles. The summed E-state index contributed by atoms with van der Waals surface area (Å²) < 4.78 is 7.70. The first kappa shape index (κ1) is 27.3. The molecule has 2 heterocycles. The van der Waals surface area contributed by atoms with Crippen molar-refractivity contribution in [1.29, 1.82) is 0 Å². The molecule has 0 bridgehead atoms. The summed E-state index contributed by atoms with van der Waals surface area (Å²) in [5.41, 5.74) is 0.321. The third kappa shape index (κ3) is 7.55. The van der Waals surface area contributed by atoms with Crippen LogP contribution in [-0.4, -0.2) is 71.1 Å². The fourth-order valence-electron chi connectivity index (χ4n) is 5.01. The van der Waals surface area contributed by atoms with Gasteiger partial charge in [-0.1, -0.05) is 19.8 Å². The van der Waals surface area contributed by atoms with E-state index in [-0.39, 0.29) is 24.0 Å². The molecule has 1 saturated heterocycles. The third-order valence-electron chi connectivity index (χ3n) is 7.25. The molecule has 9 heteroatoms. The first-order valence-electron chi connectivity index (χ1n) is 12.3. The standard InChI is InChI=1S/C23H43N7O.HI/c1-5-30-14-9-10-20(30)16-24-22(25-17-21-28-27-19(3)29(21)4)26-18-23(11-7-8-12-23)13-15-31-6-2;/h20H,5-18H2,1-4H3,(H2,24,25,26);1H. The molecule has 3 rings (SSSR count). The van der Waals surface area contributed by atoms with Crippen LogP contribution < -0.4 is 10.6 Å². The first-order chi connectivity index (χ1) is 15.1. The number of likely N-dealkylation sites (N-methyl/N-ethyl adjacent to an activating group) is 1. The van der Waals surface area contributed by atoms with Gasteiger partial charge < -0.3 is 19.9 Å². The zero-order valence-electron chi connectivity index (χ0n) is 20.5. The van der Waals surface area contributed by atoms with Gasteiger partial charge in [0.25, 0.3) is 0 Å². The van der Waals surface area contributed by atoms with E-state index in [1.54, 1.807) is 0 Å². The molecule has 1 unspecified atom stereocenters. The summed E-state index contributed by atoms with van der Waals surface area (Å²) in [6, 6.07) is 0.590. The van der Waals surface area contributed by atoms with Gasteiger partial charge in [0, 0.05) is 39.4 Å². The monoisotopic (exact) mass is 561 g/mol. The van der Waals surface area contributed by atoms with Crippen LogP contribution in [0.1, 0.15) is 70.4 Å². The van der Waals surface area contributed by atoms with Gasteiger partial charge in [-0.05, 0) is 64.5 Å². The Morgan fingerprint density at radius 3 is 2.62 bits per heavy atom. The Morgan fingerprint density at radius 1 is 1.19 bits per heavy atom. The fourth-order valence-corrected chi connectivity index (χ4v) is 5.01. The van der Waals surface area contributed by atoms with Gasteiger partial charge in [0.1, 0.15) is 12.4 Å². The summed E-state index contributed by atoms with van der Waals surface area (Å²) in [6.45, 7) is 12.7. The molecule has 32 heavy (non-hydrogen) atoms. The van der Waals surface area contributed by atoms with E-state index in [0.29, 0.717) is 18.0 Å². The highest BCUT2D eigenvalue weighted by atomic mass is 127. The number of aliphatic imine (C=N–C) groups is 1. The van der Waals surface area contributed by atoms with Gasteiger partial charge in [-0.15, -0.1) is 34.2 Å². The second-order valence-electron chi connectivity index (χ2n) is 9.20. The quantitative estimate of drug-likeness (QED) is 0.187. The van der Waals surface area contributed by atoms with Crippen molar-refractivity contribution < 1.29 is 4.74 Å². The van der Waals surface area contributed by atoms with Crippen LogP contribution in [0.3, 0.4) is 0 Å². The van der Waals surface area contributed by atoms with Crippen molar-refractivity contribution in [1.82, 2.24) is 30.3 Å². The number of guanidine groups is 1. The SMILES string of the molecule is CCOCCC1(CNC(=NCc2nnc(C)n2C)NCC2CCCN2CC)CCCC1.I. The summed E-state index contributed by atoms with van der Waals surface area (Å²) in [6.07, 6.45) is 8.85. The minimum Gasteiger partial charge on any atom is -0.382 e. The summed E-state index contributed by atoms with van der Waals surface area (Å²) in [7, 11) is 2.00. The molecule has 1 aliphatic heterocycles. The Morgan fingerprint density at radius 2 is 1.97 bits per heavy atom. The summed E-state index contributed by atoms with van der Waals surface area (Å²) in [5.74, 6) is 2.70. The largest absolute Gasteiger partial charge is 0.382 e. The number of rotatable bonds is 11. The zero-order valence-corrected chi connectivity index (χ0v) is 22.9. The van der Waals surface area contributed by atoms with E-state index >= 15 is 0 Å². The molecule has 0 aromatic carbocycles. The average molecular weight is 562 g/mol. The minimum atomic E-state index is 0. The molecular formula is C23H44IN7O. The summed E-state index contributed by atoms with van der Waals surface area (Å²) in [4.78, 5) is 7.46. The van der Waals surface area contributed by atoms with Crippen LogP contribution >= 0.6 is 24.0 Å². The smallest absolute Gasteiger partial charge is 0.191 e. The molecule has 1 atom stereocenters. The van der Waals surface area contributed by atoms with E-state index in [1.807, 2.05) is 18.5 Å². The van der Waals surface area contributed by atoms with Crippen LogP contribution in [-0.2, 0) is 18.3 Å². The molecule has 0 radical (unpaired) electrons. The van der Waals surface area contributed by atoms with E-state index in [4.69, 9.17) is 9.73 Å². The summed E-state index contributed by atoms with van der Waals surface area (Å²) in [5, 5.41) is 15.8. The van der Waals surface area contributed by atoms with Gasteiger partial charge in [-0.3, -0.25) is 4.90 Å². The number of ether oxygens (including phenoxy) is 1. The maximum absolute atomic E-state index is 5.69. The Labute approximate surface area is 211 Å². The molecule has 8 nitrogen and oxygen atoms in total. The second-order valence-corrected chi connectivity index (χ2v) is 9.20.